The first-order valence-corrected chi connectivity index (χ1v) is 9.39. The molecular weight excluding hydrogens is 292 g/mol. The highest BCUT2D eigenvalue weighted by atomic mass is 32.2. The second-order valence-electron chi connectivity index (χ2n) is 6.09. The number of morpholine rings is 1. The fourth-order valence-electron chi connectivity index (χ4n) is 3.26. The molecule has 2 aliphatic heterocycles. The van der Waals surface area contributed by atoms with Gasteiger partial charge in [-0.3, -0.25) is 4.79 Å². The normalized spacial score (nSPS) is 31.6. The molecule has 0 aromatic carbocycles. The van der Waals surface area contributed by atoms with E-state index < -0.39 is 16.1 Å². The van der Waals surface area contributed by atoms with E-state index in [1.165, 1.54) is 4.31 Å². The summed E-state index contributed by atoms with van der Waals surface area (Å²) in [5, 5.41) is 0. The molecule has 6 nitrogen and oxygen atoms in total. The highest BCUT2D eigenvalue weighted by Gasteiger charge is 2.41. The molecule has 3 atom stereocenters. The third-order valence-electron chi connectivity index (χ3n) is 4.04. The summed E-state index contributed by atoms with van der Waals surface area (Å²) in [5.41, 5.74) is 0. The molecule has 3 unspecified atom stereocenters. The Labute approximate surface area is 127 Å². The Balaban J connectivity index is 2.10. The number of carbonyl (C=O) groups excluding carboxylic acids is 1. The number of carbonyl (C=O) groups is 1. The first-order chi connectivity index (χ1) is 9.85. The molecule has 1 amide bonds. The van der Waals surface area contributed by atoms with E-state index >= 15 is 0 Å². The fraction of sp³-hybridized carbons (Fsp3) is 0.929. The first-order valence-electron chi connectivity index (χ1n) is 7.79. The minimum Gasteiger partial charge on any atom is -0.372 e. The number of amides is 1. The van der Waals surface area contributed by atoms with E-state index in [1.807, 2.05) is 20.8 Å². The van der Waals surface area contributed by atoms with Crippen LogP contribution in [0.3, 0.4) is 0 Å². The summed E-state index contributed by atoms with van der Waals surface area (Å²) in [7, 11) is -3.32. The van der Waals surface area contributed by atoms with Crippen molar-refractivity contribution in [1.29, 1.82) is 0 Å². The van der Waals surface area contributed by atoms with Crippen molar-refractivity contribution in [1.82, 2.24) is 9.21 Å². The molecule has 2 rings (SSSR count). The SMILES string of the molecule is CCCS(=O)(=O)N1CCCC1C(=O)N1CC(C)OC(C)C1. The van der Waals surface area contributed by atoms with Crippen molar-refractivity contribution in [2.75, 3.05) is 25.4 Å². The maximum Gasteiger partial charge on any atom is 0.241 e. The molecule has 0 aliphatic carbocycles. The van der Waals surface area contributed by atoms with Gasteiger partial charge in [0.25, 0.3) is 0 Å². The largest absolute Gasteiger partial charge is 0.372 e. The zero-order valence-electron chi connectivity index (χ0n) is 13.1. The molecule has 2 saturated heterocycles. The molecule has 0 N–H and O–H groups in total. The van der Waals surface area contributed by atoms with Crippen LogP contribution in [0.4, 0.5) is 0 Å². The van der Waals surface area contributed by atoms with E-state index in [-0.39, 0.29) is 23.9 Å². The first kappa shape index (κ1) is 16.7. The molecule has 21 heavy (non-hydrogen) atoms. The Kier molecular flexibility index (Phi) is 5.27. The van der Waals surface area contributed by atoms with Crippen molar-refractivity contribution in [3.8, 4) is 0 Å². The summed E-state index contributed by atoms with van der Waals surface area (Å²) in [4.78, 5) is 14.5. The number of ether oxygens (including phenoxy) is 1. The third kappa shape index (κ3) is 3.76. The standard InChI is InChI=1S/C14H26N2O4S/c1-4-8-21(18,19)16-7-5-6-13(16)14(17)15-9-11(2)20-12(3)10-15/h11-13H,4-10H2,1-3H3. The number of hydrogen-bond acceptors (Lipinski definition) is 4. The van der Waals surface area contributed by atoms with Crippen LogP contribution in [0.1, 0.15) is 40.0 Å². The minimum absolute atomic E-state index is 0.000183. The smallest absolute Gasteiger partial charge is 0.241 e. The molecule has 0 saturated carbocycles. The Morgan fingerprint density at radius 2 is 1.86 bits per heavy atom. The molecule has 2 heterocycles. The Morgan fingerprint density at radius 3 is 2.43 bits per heavy atom. The van der Waals surface area contributed by atoms with Gasteiger partial charge in [0, 0.05) is 19.6 Å². The zero-order chi connectivity index (χ0) is 15.6. The van der Waals surface area contributed by atoms with Gasteiger partial charge in [-0.1, -0.05) is 6.92 Å². The average Bonchev–Trinajstić information content (AvgIpc) is 2.86. The van der Waals surface area contributed by atoms with Crippen LogP contribution in [0, 0.1) is 0 Å². The van der Waals surface area contributed by atoms with E-state index in [0.717, 1.165) is 6.42 Å². The van der Waals surface area contributed by atoms with Gasteiger partial charge in [-0.15, -0.1) is 0 Å². The summed E-state index contributed by atoms with van der Waals surface area (Å²) in [6.45, 7) is 7.28. The van der Waals surface area contributed by atoms with Gasteiger partial charge in [0.05, 0.1) is 18.0 Å². The monoisotopic (exact) mass is 318 g/mol. The van der Waals surface area contributed by atoms with Gasteiger partial charge >= 0.3 is 0 Å². The van der Waals surface area contributed by atoms with Crippen LogP contribution < -0.4 is 0 Å². The number of sulfonamides is 1. The second-order valence-corrected chi connectivity index (χ2v) is 8.13. The quantitative estimate of drug-likeness (QED) is 0.770. The summed E-state index contributed by atoms with van der Waals surface area (Å²) in [5.74, 6) is 0.0568. The maximum absolute atomic E-state index is 12.7. The summed E-state index contributed by atoms with van der Waals surface area (Å²) in [6, 6.07) is -0.515. The number of hydrogen-bond donors (Lipinski definition) is 0. The van der Waals surface area contributed by atoms with E-state index in [0.29, 0.717) is 32.5 Å². The van der Waals surface area contributed by atoms with Crippen LogP contribution in [-0.2, 0) is 19.6 Å². The molecule has 0 spiro atoms. The molecular formula is C14H26N2O4S. The topological polar surface area (TPSA) is 66.9 Å². The van der Waals surface area contributed by atoms with Crippen molar-refractivity contribution in [3.63, 3.8) is 0 Å². The molecule has 0 aromatic heterocycles. The van der Waals surface area contributed by atoms with E-state index in [2.05, 4.69) is 0 Å². The van der Waals surface area contributed by atoms with Crippen molar-refractivity contribution in [2.45, 2.75) is 58.3 Å². The molecule has 0 radical (unpaired) electrons. The highest BCUT2D eigenvalue weighted by molar-refractivity contribution is 7.89. The predicted molar refractivity (Wildman–Crippen MR) is 80.4 cm³/mol. The number of nitrogens with zero attached hydrogens (tertiary/aromatic N) is 2. The van der Waals surface area contributed by atoms with Crippen molar-refractivity contribution < 1.29 is 17.9 Å². The molecule has 7 heteroatoms. The van der Waals surface area contributed by atoms with Gasteiger partial charge in [-0.05, 0) is 33.1 Å². The summed E-state index contributed by atoms with van der Waals surface area (Å²) < 4.78 is 31.6. The van der Waals surface area contributed by atoms with E-state index in [1.54, 1.807) is 4.90 Å². The third-order valence-corrected chi connectivity index (χ3v) is 6.12. The molecule has 0 aromatic rings. The molecule has 2 fully saturated rings. The predicted octanol–water partition coefficient (Wildman–Crippen LogP) is 0.826. The summed E-state index contributed by atoms with van der Waals surface area (Å²) in [6.07, 6.45) is 1.96. The van der Waals surface area contributed by atoms with Crippen LogP contribution >= 0.6 is 0 Å². The maximum atomic E-state index is 12.7. The Bertz CT molecular complexity index is 469. The molecule has 122 valence electrons. The van der Waals surface area contributed by atoms with Crippen molar-refractivity contribution in [2.24, 2.45) is 0 Å². The van der Waals surface area contributed by atoms with Crippen LogP contribution in [0.5, 0.6) is 0 Å². The zero-order valence-corrected chi connectivity index (χ0v) is 13.9. The van der Waals surface area contributed by atoms with Gasteiger partial charge in [0.2, 0.25) is 15.9 Å². The summed E-state index contributed by atoms with van der Waals surface area (Å²) >= 11 is 0. The van der Waals surface area contributed by atoms with E-state index in [9.17, 15) is 13.2 Å². The van der Waals surface area contributed by atoms with Gasteiger partial charge in [0.1, 0.15) is 6.04 Å². The van der Waals surface area contributed by atoms with Crippen LogP contribution in [0.25, 0.3) is 0 Å². The molecule has 2 aliphatic rings. The lowest BCUT2D eigenvalue weighted by atomic mass is 10.1. The average molecular weight is 318 g/mol. The fourth-order valence-corrected chi connectivity index (χ4v) is 5.00. The van der Waals surface area contributed by atoms with Crippen molar-refractivity contribution >= 4 is 15.9 Å². The lowest BCUT2D eigenvalue weighted by molar-refractivity contribution is -0.146. The van der Waals surface area contributed by atoms with Crippen LogP contribution in [0.2, 0.25) is 0 Å². The molecule has 0 bridgehead atoms. The number of rotatable bonds is 4. The van der Waals surface area contributed by atoms with Gasteiger partial charge < -0.3 is 9.64 Å². The van der Waals surface area contributed by atoms with Gasteiger partial charge in [-0.25, -0.2) is 8.42 Å². The van der Waals surface area contributed by atoms with E-state index in [4.69, 9.17) is 4.74 Å². The van der Waals surface area contributed by atoms with Gasteiger partial charge in [-0.2, -0.15) is 4.31 Å². The van der Waals surface area contributed by atoms with Crippen LogP contribution in [-0.4, -0.2) is 67.2 Å². The Hall–Kier alpha value is -0.660. The second kappa shape index (κ2) is 6.62. The lowest BCUT2D eigenvalue weighted by Crippen LogP contribution is -2.54. The van der Waals surface area contributed by atoms with Gasteiger partial charge in [0.15, 0.2) is 0 Å². The van der Waals surface area contributed by atoms with Crippen molar-refractivity contribution in [3.05, 3.63) is 0 Å². The lowest BCUT2D eigenvalue weighted by Gasteiger charge is -2.37. The highest BCUT2D eigenvalue weighted by Crippen LogP contribution is 2.25. The van der Waals surface area contributed by atoms with Crippen LogP contribution in [0.15, 0.2) is 0 Å². The Morgan fingerprint density at radius 1 is 1.24 bits per heavy atom. The minimum atomic E-state index is -3.32.